The Bertz CT molecular complexity index is 1180. The van der Waals surface area contributed by atoms with Gasteiger partial charge >= 0.3 is 0 Å². The van der Waals surface area contributed by atoms with Crippen molar-refractivity contribution in [1.82, 2.24) is 0 Å². The molecule has 32 heavy (non-hydrogen) atoms. The number of carbonyl (C=O) groups is 1. The van der Waals surface area contributed by atoms with Gasteiger partial charge in [0.15, 0.2) is 6.61 Å². The number of benzene rings is 3. The molecular weight excluding hydrogens is 424 g/mol. The van der Waals surface area contributed by atoms with Crippen LogP contribution in [0.3, 0.4) is 0 Å². The van der Waals surface area contributed by atoms with Crippen LogP contribution >= 0.6 is 0 Å². The van der Waals surface area contributed by atoms with Gasteiger partial charge in [-0.05, 0) is 66.8 Å². The third-order valence-electron chi connectivity index (χ3n) is 5.07. The van der Waals surface area contributed by atoms with Crippen LogP contribution < -0.4 is 14.8 Å². The Hall–Kier alpha value is -3.32. The smallest absolute Gasteiger partial charge is 0.262 e. The van der Waals surface area contributed by atoms with Crippen LogP contribution in [0.2, 0.25) is 0 Å². The summed E-state index contributed by atoms with van der Waals surface area (Å²) in [5.41, 5.74) is 3.78. The number of nitrogens with one attached hydrogen (secondary N) is 2. The number of anilines is 2. The van der Waals surface area contributed by atoms with Gasteiger partial charge in [0.25, 0.3) is 15.9 Å². The highest BCUT2D eigenvalue weighted by atomic mass is 32.2. The van der Waals surface area contributed by atoms with Crippen LogP contribution in [-0.4, -0.2) is 20.9 Å². The van der Waals surface area contributed by atoms with Crippen molar-refractivity contribution in [3.8, 4) is 5.75 Å². The van der Waals surface area contributed by atoms with Crippen molar-refractivity contribution >= 4 is 27.3 Å². The molecule has 0 aliphatic rings. The predicted molar refractivity (Wildman–Crippen MR) is 128 cm³/mol. The normalized spacial score (nSPS) is 11.3. The average Bonchev–Trinajstić information content (AvgIpc) is 2.75. The lowest BCUT2D eigenvalue weighted by Gasteiger charge is -2.14. The third-order valence-corrected chi connectivity index (χ3v) is 6.43. The average molecular weight is 453 g/mol. The van der Waals surface area contributed by atoms with Crippen molar-refractivity contribution in [2.75, 3.05) is 16.6 Å². The number of para-hydroxylation sites is 2. The van der Waals surface area contributed by atoms with E-state index in [1.807, 2.05) is 56.3 Å². The van der Waals surface area contributed by atoms with Gasteiger partial charge in [-0.3, -0.25) is 9.52 Å². The molecule has 2 N–H and O–H groups in total. The van der Waals surface area contributed by atoms with Crippen molar-refractivity contribution in [3.63, 3.8) is 0 Å². The predicted octanol–water partition coefficient (Wildman–Crippen LogP) is 5.25. The molecule has 0 atom stereocenters. The molecule has 1 amide bonds. The molecule has 0 aliphatic carbocycles. The van der Waals surface area contributed by atoms with Gasteiger partial charge in [0, 0.05) is 5.69 Å². The summed E-state index contributed by atoms with van der Waals surface area (Å²) in [4.78, 5) is 12.4. The molecule has 0 spiro atoms. The minimum Gasteiger partial charge on any atom is -0.483 e. The van der Waals surface area contributed by atoms with Gasteiger partial charge in [-0.1, -0.05) is 50.2 Å². The Morgan fingerprint density at radius 1 is 0.906 bits per heavy atom. The summed E-state index contributed by atoms with van der Waals surface area (Å²) in [5, 5.41) is 2.73. The molecule has 0 aliphatic heterocycles. The Labute approximate surface area is 189 Å². The first-order valence-electron chi connectivity index (χ1n) is 10.4. The van der Waals surface area contributed by atoms with Crippen molar-refractivity contribution in [1.29, 1.82) is 0 Å². The number of aryl methyl sites for hydroxylation is 2. The van der Waals surface area contributed by atoms with Crippen LogP contribution in [0.25, 0.3) is 0 Å². The minimum atomic E-state index is -3.75. The minimum absolute atomic E-state index is 0.111. The number of carbonyl (C=O) groups excluding carboxylic acids is 1. The summed E-state index contributed by atoms with van der Waals surface area (Å²) in [7, 11) is -3.75. The topological polar surface area (TPSA) is 84.5 Å². The van der Waals surface area contributed by atoms with Gasteiger partial charge in [0.1, 0.15) is 5.75 Å². The highest BCUT2D eigenvalue weighted by Crippen LogP contribution is 2.26. The van der Waals surface area contributed by atoms with Gasteiger partial charge in [-0.2, -0.15) is 0 Å². The van der Waals surface area contributed by atoms with E-state index in [2.05, 4.69) is 23.9 Å². The van der Waals surface area contributed by atoms with E-state index in [9.17, 15) is 13.2 Å². The second kappa shape index (κ2) is 9.87. The standard InChI is InChI=1S/C25H28N2O4S/c1-17(2)22-10-5-6-11-23(22)31-16-24(28)26-20-12-14-21(15-13-20)32(29,30)27-25-18(3)8-7-9-19(25)4/h5-15,17,27H,16H2,1-4H3,(H,26,28). The molecule has 3 aromatic rings. The third kappa shape index (κ3) is 5.68. The summed E-state index contributed by atoms with van der Waals surface area (Å²) >= 11 is 0. The number of ether oxygens (including phenoxy) is 1. The first-order valence-corrected chi connectivity index (χ1v) is 11.9. The number of hydrogen-bond donors (Lipinski definition) is 2. The lowest BCUT2D eigenvalue weighted by molar-refractivity contribution is -0.118. The van der Waals surface area contributed by atoms with Crippen LogP contribution in [0.1, 0.15) is 36.5 Å². The molecule has 0 saturated carbocycles. The fraction of sp³-hybridized carbons (Fsp3) is 0.240. The monoisotopic (exact) mass is 452 g/mol. The van der Waals surface area contributed by atoms with E-state index in [4.69, 9.17) is 4.74 Å². The molecule has 3 aromatic carbocycles. The summed E-state index contributed by atoms with van der Waals surface area (Å²) in [6.45, 7) is 7.69. The summed E-state index contributed by atoms with van der Waals surface area (Å²) in [6, 6.07) is 19.2. The molecule has 3 rings (SSSR count). The molecule has 0 radical (unpaired) electrons. The SMILES string of the molecule is Cc1cccc(C)c1NS(=O)(=O)c1ccc(NC(=O)COc2ccccc2C(C)C)cc1. The van der Waals surface area contributed by atoms with E-state index in [0.717, 1.165) is 16.7 Å². The van der Waals surface area contributed by atoms with Crippen LogP contribution in [-0.2, 0) is 14.8 Å². The number of rotatable bonds is 8. The van der Waals surface area contributed by atoms with E-state index in [-0.39, 0.29) is 23.3 Å². The van der Waals surface area contributed by atoms with E-state index >= 15 is 0 Å². The van der Waals surface area contributed by atoms with Gasteiger partial charge in [0.2, 0.25) is 0 Å². The van der Waals surface area contributed by atoms with Gasteiger partial charge in [-0.25, -0.2) is 8.42 Å². The number of amides is 1. The van der Waals surface area contributed by atoms with Gasteiger partial charge in [0.05, 0.1) is 10.6 Å². The zero-order valence-corrected chi connectivity index (χ0v) is 19.5. The van der Waals surface area contributed by atoms with Crippen LogP contribution in [0.5, 0.6) is 5.75 Å². The van der Waals surface area contributed by atoms with Crippen LogP contribution in [0, 0.1) is 13.8 Å². The maximum Gasteiger partial charge on any atom is 0.262 e. The number of hydrogen-bond acceptors (Lipinski definition) is 4. The molecule has 0 bridgehead atoms. The zero-order valence-electron chi connectivity index (χ0n) is 18.7. The first kappa shape index (κ1) is 23.3. The van der Waals surface area contributed by atoms with Crippen LogP contribution in [0.4, 0.5) is 11.4 Å². The lowest BCUT2D eigenvalue weighted by Crippen LogP contribution is -2.20. The Morgan fingerprint density at radius 3 is 2.16 bits per heavy atom. The fourth-order valence-electron chi connectivity index (χ4n) is 3.32. The summed E-state index contributed by atoms with van der Waals surface area (Å²) in [5.74, 6) is 0.630. The second-order valence-electron chi connectivity index (χ2n) is 7.93. The second-order valence-corrected chi connectivity index (χ2v) is 9.61. The molecule has 0 heterocycles. The van der Waals surface area contributed by atoms with Gasteiger partial charge < -0.3 is 10.1 Å². The largest absolute Gasteiger partial charge is 0.483 e. The molecule has 0 unspecified atom stereocenters. The van der Waals surface area contributed by atoms with Crippen LogP contribution in [0.15, 0.2) is 71.6 Å². The molecule has 168 valence electrons. The molecular formula is C25H28N2O4S. The maximum atomic E-state index is 12.8. The van der Waals surface area contributed by atoms with E-state index in [1.165, 1.54) is 12.1 Å². The van der Waals surface area contributed by atoms with E-state index in [1.54, 1.807) is 12.1 Å². The summed E-state index contributed by atoms with van der Waals surface area (Å²) < 4.78 is 33.9. The molecule has 0 saturated heterocycles. The van der Waals surface area contributed by atoms with E-state index in [0.29, 0.717) is 17.1 Å². The molecule has 0 aromatic heterocycles. The Morgan fingerprint density at radius 2 is 1.53 bits per heavy atom. The Kier molecular flexibility index (Phi) is 7.20. The molecule has 0 fully saturated rings. The maximum absolute atomic E-state index is 12.8. The fourth-order valence-corrected chi connectivity index (χ4v) is 4.52. The quantitative estimate of drug-likeness (QED) is 0.489. The summed E-state index contributed by atoms with van der Waals surface area (Å²) in [6.07, 6.45) is 0. The highest BCUT2D eigenvalue weighted by molar-refractivity contribution is 7.92. The Balaban J connectivity index is 1.64. The lowest BCUT2D eigenvalue weighted by atomic mass is 10.0. The zero-order chi connectivity index (χ0) is 23.3. The van der Waals surface area contributed by atoms with E-state index < -0.39 is 10.0 Å². The van der Waals surface area contributed by atoms with Crippen molar-refractivity contribution in [3.05, 3.63) is 83.4 Å². The first-order chi connectivity index (χ1) is 15.2. The molecule has 6 nitrogen and oxygen atoms in total. The highest BCUT2D eigenvalue weighted by Gasteiger charge is 2.17. The van der Waals surface area contributed by atoms with Crippen molar-refractivity contribution in [2.45, 2.75) is 38.5 Å². The van der Waals surface area contributed by atoms with Gasteiger partial charge in [-0.15, -0.1) is 0 Å². The van der Waals surface area contributed by atoms with Crippen molar-refractivity contribution in [2.24, 2.45) is 0 Å². The number of sulfonamides is 1. The van der Waals surface area contributed by atoms with Crippen molar-refractivity contribution < 1.29 is 17.9 Å². The molecule has 7 heteroatoms.